The minimum absolute atomic E-state index is 0.107. The Kier molecular flexibility index (Phi) is 4.02. The van der Waals surface area contributed by atoms with Crippen molar-refractivity contribution in [3.63, 3.8) is 0 Å². The van der Waals surface area contributed by atoms with E-state index in [4.69, 9.17) is 5.11 Å². The van der Waals surface area contributed by atoms with Gasteiger partial charge in [-0.15, -0.1) is 0 Å². The zero-order valence-electron chi connectivity index (χ0n) is 11.1. The lowest BCUT2D eigenvalue weighted by Gasteiger charge is -2.28. The quantitative estimate of drug-likeness (QED) is 0.858. The van der Waals surface area contributed by atoms with Crippen molar-refractivity contribution in [2.45, 2.75) is 39.0 Å². The Labute approximate surface area is 112 Å². The van der Waals surface area contributed by atoms with Gasteiger partial charge in [0.1, 0.15) is 17.2 Å². The van der Waals surface area contributed by atoms with Crippen LogP contribution in [-0.4, -0.2) is 22.6 Å². The zero-order valence-corrected chi connectivity index (χ0v) is 11.1. The number of pyridine rings is 1. The molecule has 0 bridgehead atoms. The molecule has 1 aromatic heterocycles. The molecule has 0 atom stereocenters. The van der Waals surface area contributed by atoms with Crippen LogP contribution in [0.2, 0.25) is 0 Å². The molecule has 1 heterocycles. The first-order chi connectivity index (χ1) is 9.06. The molecule has 0 spiro atoms. The molecule has 1 aromatic rings. The maximum absolute atomic E-state index is 13.0. The van der Waals surface area contributed by atoms with E-state index in [1.807, 2.05) is 0 Å². The smallest absolute Gasteiger partial charge is 0.339 e. The number of carboxylic acid groups (broad SMARTS) is 1. The van der Waals surface area contributed by atoms with Gasteiger partial charge in [-0.3, -0.25) is 0 Å². The van der Waals surface area contributed by atoms with Crippen molar-refractivity contribution in [1.29, 1.82) is 0 Å². The number of carboxylic acids is 1. The van der Waals surface area contributed by atoms with Crippen LogP contribution in [0, 0.1) is 11.2 Å². The second-order valence-electron chi connectivity index (χ2n) is 5.27. The summed E-state index contributed by atoms with van der Waals surface area (Å²) in [5, 5.41) is 12.2. The first kappa shape index (κ1) is 13.8. The Morgan fingerprint density at radius 1 is 1.53 bits per heavy atom. The molecule has 4 nitrogen and oxygen atoms in total. The molecule has 0 radical (unpaired) electrons. The van der Waals surface area contributed by atoms with Gasteiger partial charge < -0.3 is 10.4 Å². The maximum atomic E-state index is 13.0. The minimum atomic E-state index is -1.16. The summed E-state index contributed by atoms with van der Waals surface area (Å²) in [6, 6.07) is 1.00. The number of nitrogens with one attached hydrogen (secondary N) is 1. The third-order valence-corrected chi connectivity index (χ3v) is 4.13. The fraction of sp³-hybridized carbons (Fsp3) is 0.571. The van der Waals surface area contributed by atoms with E-state index >= 15 is 0 Å². The van der Waals surface area contributed by atoms with Crippen LogP contribution in [0.5, 0.6) is 0 Å². The first-order valence-corrected chi connectivity index (χ1v) is 6.69. The molecule has 0 unspecified atom stereocenters. The second kappa shape index (κ2) is 5.55. The Hall–Kier alpha value is -1.65. The summed E-state index contributed by atoms with van der Waals surface area (Å²) in [7, 11) is 0. The number of hydrogen-bond acceptors (Lipinski definition) is 3. The molecule has 0 amide bonds. The van der Waals surface area contributed by atoms with Gasteiger partial charge in [0.2, 0.25) is 0 Å². The van der Waals surface area contributed by atoms with Crippen molar-refractivity contribution in [2.75, 3.05) is 11.9 Å². The minimum Gasteiger partial charge on any atom is -0.478 e. The molecule has 104 valence electrons. The van der Waals surface area contributed by atoms with E-state index in [1.165, 1.54) is 12.8 Å². The van der Waals surface area contributed by atoms with Gasteiger partial charge in [0.25, 0.3) is 0 Å². The summed E-state index contributed by atoms with van der Waals surface area (Å²) in [4.78, 5) is 14.9. The standard InChI is InChI=1S/C14H19FN2O2/c1-2-14(5-3-4-6-14)9-17-12-11(13(18)19)7-10(15)8-16-12/h7-8H,2-6,9H2,1H3,(H,16,17)(H,18,19). The van der Waals surface area contributed by atoms with Crippen LogP contribution in [0.25, 0.3) is 0 Å². The summed E-state index contributed by atoms with van der Waals surface area (Å²) in [6.07, 6.45) is 6.85. The molecule has 0 aromatic carbocycles. The van der Waals surface area contributed by atoms with Gasteiger partial charge in [-0.25, -0.2) is 14.2 Å². The number of aromatic nitrogens is 1. The molecule has 1 aliphatic rings. The lowest BCUT2D eigenvalue weighted by atomic mass is 9.83. The number of nitrogens with zero attached hydrogens (tertiary/aromatic N) is 1. The van der Waals surface area contributed by atoms with Crippen molar-refractivity contribution >= 4 is 11.8 Å². The van der Waals surface area contributed by atoms with Gasteiger partial charge >= 0.3 is 5.97 Å². The predicted octanol–water partition coefficient (Wildman–Crippen LogP) is 3.30. The normalized spacial score (nSPS) is 17.4. The van der Waals surface area contributed by atoms with Crippen LogP contribution in [0.1, 0.15) is 49.4 Å². The van der Waals surface area contributed by atoms with E-state index in [0.29, 0.717) is 6.54 Å². The lowest BCUT2D eigenvalue weighted by Crippen LogP contribution is -2.27. The van der Waals surface area contributed by atoms with Gasteiger partial charge in [0.05, 0.1) is 6.20 Å². The van der Waals surface area contributed by atoms with Gasteiger partial charge in [0, 0.05) is 6.54 Å². The highest BCUT2D eigenvalue weighted by molar-refractivity contribution is 5.93. The number of anilines is 1. The lowest BCUT2D eigenvalue weighted by molar-refractivity contribution is 0.0697. The van der Waals surface area contributed by atoms with Gasteiger partial charge in [0.15, 0.2) is 0 Å². The van der Waals surface area contributed by atoms with Crippen LogP contribution >= 0.6 is 0 Å². The molecule has 1 fully saturated rings. The molecule has 0 saturated heterocycles. The summed E-state index contributed by atoms with van der Waals surface area (Å²) >= 11 is 0. The number of hydrogen-bond donors (Lipinski definition) is 2. The topological polar surface area (TPSA) is 62.2 Å². The van der Waals surface area contributed by atoms with Crippen molar-refractivity contribution < 1.29 is 14.3 Å². The molecule has 2 rings (SSSR count). The van der Waals surface area contributed by atoms with Crippen LogP contribution < -0.4 is 5.32 Å². The summed E-state index contributed by atoms with van der Waals surface area (Å²) in [6.45, 7) is 2.85. The van der Waals surface area contributed by atoms with Crippen LogP contribution in [0.4, 0.5) is 10.2 Å². The van der Waals surface area contributed by atoms with Crippen LogP contribution in [-0.2, 0) is 0 Å². The van der Waals surface area contributed by atoms with Crippen LogP contribution in [0.3, 0.4) is 0 Å². The third kappa shape index (κ3) is 3.03. The molecule has 0 aliphatic heterocycles. The Morgan fingerprint density at radius 2 is 2.21 bits per heavy atom. The largest absolute Gasteiger partial charge is 0.478 e. The SMILES string of the molecule is CCC1(CNc2ncc(F)cc2C(=O)O)CCCC1. The van der Waals surface area contributed by atoms with Crippen LogP contribution in [0.15, 0.2) is 12.3 Å². The van der Waals surface area contributed by atoms with E-state index in [2.05, 4.69) is 17.2 Å². The monoisotopic (exact) mass is 266 g/mol. The Bertz CT molecular complexity index is 471. The molecule has 19 heavy (non-hydrogen) atoms. The predicted molar refractivity (Wildman–Crippen MR) is 70.8 cm³/mol. The number of rotatable bonds is 5. The average molecular weight is 266 g/mol. The molecule has 2 N–H and O–H groups in total. The average Bonchev–Trinajstić information content (AvgIpc) is 2.86. The van der Waals surface area contributed by atoms with Crippen molar-refractivity contribution in [1.82, 2.24) is 4.98 Å². The molecular formula is C14H19FN2O2. The summed E-state index contributed by atoms with van der Waals surface area (Å²) < 4.78 is 13.0. The fourth-order valence-corrected chi connectivity index (χ4v) is 2.79. The van der Waals surface area contributed by atoms with E-state index < -0.39 is 11.8 Å². The molecule has 1 saturated carbocycles. The van der Waals surface area contributed by atoms with Gasteiger partial charge in [-0.1, -0.05) is 19.8 Å². The number of aromatic carboxylic acids is 1. The Balaban J connectivity index is 2.13. The maximum Gasteiger partial charge on any atom is 0.339 e. The highest BCUT2D eigenvalue weighted by Gasteiger charge is 2.32. The molecule has 1 aliphatic carbocycles. The van der Waals surface area contributed by atoms with Crippen molar-refractivity contribution in [3.05, 3.63) is 23.6 Å². The zero-order chi connectivity index (χ0) is 13.9. The van der Waals surface area contributed by atoms with Crippen molar-refractivity contribution in [3.8, 4) is 0 Å². The van der Waals surface area contributed by atoms with Gasteiger partial charge in [-0.05, 0) is 30.7 Å². The fourth-order valence-electron chi connectivity index (χ4n) is 2.79. The van der Waals surface area contributed by atoms with Gasteiger partial charge in [-0.2, -0.15) is 0 Å². The van der Waals surface area contributed by atoms with E-state index in [1.54, 1.807) is 0 Å². The Morgan fingerprint density at radius 3 is 2.79 bits per heavy atom. The van der Waals surface area contributed by atoms with E-state index in [-0.39, 0.29) is 16.8 Å². The van der Waals surface area contributed by atoms with Crippen molar-refractivity contribution in [2.24, 2.45) is 5.41 Å². The number of halogens is 1. The van der Waals surface area contributed by atoms with E-state index in [9.17, 15) is 9.18 Å². The molecule has 5 heteroatoms. The highest BCUT2D eigenvalue weighted by atomic mass is 19.1. The van der Waals surface area contributed by atoms with E-state index in [0.717, 1.165) is 31.5 Å². The first-order valence-electron chi connectivity index (χ1n) is 6.69. The summed E-state index contributed by atoms with van der Waals surface area (Å²) in [5.41, 5.74) is 0.121. The molecular weight excluding hydrogens is 247 g/mol. The highest BCUT2D eigenvalue weighted by Crippen LogP contribution is 2.40. The summed E-state index contributed by atoms with van der Waals surface area (Å²) in [5.74, 6) is -1.53. The number of carbonyl (C=O) groups is 1. The third-order valence-electron chi connectivity index (χ3n) is 4.13. The second-order valence-corrected chi connectivity index (χ2v) is 5.27.